The number of rotatable bonds is 5. The van der Waals surface area contributed by atoms with Crippen molar-refractivity contribution in [1.82, 2.24) is 9.78 Å². The van der Waals surface area contributed by atoms with E-state index in [4.69, 9.17) is 4.74 Å². The van der Waals surface area contributed by atoms with E-state index in [0.29, 0.717) is 18.1 Å². The first-order chi connectivity index (χ1) is 8.59. The summed E-state index contributed by atoms with van der Waals surface area (Å²) in [5.41, 5.74) is 1.56. The first kappa shape index (κ1) is 13.7. The second-order valence-electron chi connectivity index (χ2n) is 5.71. The molecule has 0 bridgehead atoms. The van der Waals surface area contributed by atoms with Gasteiger partial charge in [-0.3, -0.25) is 4.68 Å². The average Bonchev–Trinajstić information content (AvgIpc) is 2.73. The van der Waals surface area contributed by atoms with Crippen molar-refractivity contribution in [3.05, 3.63) is 12.4 Å². The lowest BCUT2D eigenvalue weighted by Crippen LogP contribution is -2.35. The fourth-order valence-electron chi connectivity index (χ4n) is 2.34. The average molecular weight is 269 g/mol. The van der Waals surface area contributed by atoms with Crippen molar-refractivity contribution < 1.29 is 4.74 Å². The summed E-state index contributed by atoms with van der Waals surface area (Å²) in [5.74, 6) is 2.45. The normalized spacial score (nSPS) is 22.9. The first-order valence-corrected chi connectivity index (χ1v) is 7.60. The summed E-state index contributed by atoms with van der Waals surface area (Å²) in [5, 5.41) is 7.91. The second-order valence-corrected chi connectivity index (χ2v) is 6.74. The van der Waals surface area contributed by atoms with Gasteiger partial charge in [-0.05, 0) is 17.6 Å². The topological polar surface area (TPSA) is 39.1 Å². The Balaban J connectivity index is 1.87. The minimum absolute atomic E-state index is 0.437. The zero-order valence-electron chi connectivity index (χ0n) is 11.5. The van der Waals surface area contributed by atoms with E-state index in [1.54, 1.807) is 7.11 Å². The molecule has 0 aliphatic carbocycles. The smallest absolute Gasteiger partial charge is 0.0728 e. The zero-order valence-corrected chi connectivity index (χ0v) is 12.3. The Labute approximate surface area is 113 Å². The van der Waals surface area contributed by atoms with Crippen molar-refractivity contribution in [3.63, 3.8) is 0 Å². The molecule has 18 heavy (non-hydrogen) atoms. The molecule has 102 valence electrons. The predicted octanol–water partition coefficient (Wildman–Crippen LogP) is 2.47. The summed E-state index contributed by atoms with van der Waals surface area (Å²) >= 11 is 2.04. The summed E-state index contributed by atoms with van der Waals surface area (Å²) < 4.78 is 6.97. The van der Waals surface area contributed by atoms with E-state index in [1.807, 2.05) is 22.6 Å². The van der Waals surface area contributed by atoms with Crippen molar-refractivity contribution in [2.24, 2.45) is 5.41 Å². The van der Waals surface area contributed by atoms with Crippen molar-refractivity contribution in [2.75, 3.05) is 30.5 Å². The number of methoxy groups -OCH3 is 1. The lowest BCUT2D eigenvalue weighted by molar-refractivity contribution is 0.183. The van der Waals surface area contributed by atoms with Crippen LogP contribution in [0.2, 0.25) is 0 Å². The van der Waals surface area contributed by atoms with Gasteiger partial charge in [0.2, 0.25) is 0 Å². The number of nitrogens with one attached hydrogen (secondary N) is 1. The molecular formula is C13H23N3OS. The standard InChI is InChI=1S/C13H23N3OS/c1-13(2)6-11(9-18-10-13)15-12-7-14-16(8-12)4-5-17-3/h7-8,11,15H,4-6,9-10H2,1-3H3. The molecule has 0 saturated carbocycles. The third kappa shape index (κ3) is 3.92. The summed E-state index contributed by atoms with van der Waals surface area (Å²) in [7, 11) is 1.71. The number of thioether (sulfide) groups is 1. The highest BCUT2D eigenvalue weighted by Gasteiger charge is 2.28. The molecule has 1 aromatic heterocycles. The molecular weight excluding hydrogens is 246 g/mol. The Hall–Kier alpha value is -0.680. The fraction of sp³-hybridized carbons (Fsp3) is 0.769. The van der Waals surface area contributed by atoms with E-state index in [1.165, 1.54) is 17.9 Å². The second kappa shape index (κ2) is 5.97. The minimum atomic E-state index is 0.437. The SMILES string of the molecule is COCCn1cc(NC2CSCC(C)(C)C2)cn1. The van der Waals surface area contributed by atoms with Gasteiger partial charge in [0.25, 0.3) is 0 Å². The Bertz CT molecular complexity index is 378. The first-order valence-electron chi connectivity index (χ1n) is 6.45. The number of nitrogens with zero attached hydrogens (tertiary/aromatic N) is 2. The van der Waals surface area contributed by atoms with Crippen molar-refractivity contribution >= 4 is 17.4 Å². The fourth-order valence-corrected chi connectivity index (χ4v) is 3.61. The number of hydrogen-bond donors (Lipinski definition) is 1. The van der Waals surface area contributed by atoms with Gasteiger partial charge in [-0.2, -0.15) is 16.9 Å². The van der Waals surface area contributed by atoms with Gasteiger partial charge in [0, 0.05) is 25.1 Å². The Kier molecular flexibility index (Phi) is 4.56. The third-order valence-corrected chi connectivity index (χ3v) is 4.76. The highest BCUT2D eigenvalue weighted by Crippen LogP contribution is 2.34. The van der Waals surface area contributed by atoms with Crippen molar-refractivity contribution in [2.45, 2.75) is 32.9 Å². The molecule has 5 heteroatoms. The molecule has 2 rings (SSSR count). The number of anilines is 1. The van der Waals surface area contributed by atoms with Crippen LogP contribution in [0.5, 0.6) is 0 Å². The Morgan fingerprint density at radius 1 is 1.61 bits per heavy atom. The lowest BCUT2D eigenvalue weighted by atomic mass is 9.88. The minimum Gasteiger partial charge on any atom is -0.383 e. The van der Waals surface area contributed by atoms with Crippen LogP contribution in [0, 0.1) is 5.41 Å². The van der Waals surface area contributed by atoms with Crippen LogP contribution in [-0.2, 0) is 11.3 Å². The molecule has 1 aliphatic heterocycles. The highest BCUT2D eigenvalue weighted by molar-refractivity contribution is 7.99. The maximum Gasteiger partial charge on any atom is 0.0728 e. The van der Waals surface area contributed by atoms with Crippen molar-refractivity contribution in [3.8, 4) is 0 Å². The molecule has 4 nitrogen and oxygen atoms in total. The molecule has 1 aliphatic rings. The van der Waals surface area contributed by atoms with E-state index < -0.39 is 0 Å². The predicted molar refractivity (Wildman–Crippen MR) is 77.2 cm³/mol. The van der Waals surface area contributed by atoms with Gasteiger partial charge in [0.15, 0.2) is 0 Å². The van der Waals surface area contributed by atoms with E-state index >= 15 is 0 Å². The lowest BCUT2D eigenvalue weighted by Gasteiger charge is -2.35. The van der Waals surface area contributed by atoms with Gasteiger partial charge in [0.1, 0.15) is 0 Å². The molecule has 0 radical (unpaired) electrons. The third-order valence-electron chi connectivity index (χ3n) is 3.14. The molecule has 0 amide bonds. The summed E-state index contributed by atoms with van der Waals surface area (Å²) in [6.45, 7) is 6.20. The summed E-state index contributed by atoms with van der Waals surface area (Å²) in [6.07, 6.45) is 5.19. The van der Waals surface area contributed by atoms with Crippen LogP contribution in [0.1, 0.15) is 20.3 Å². The van der Waals surface area contributed by atoms with Crippen LogP contribution in [0.4, 0.5) is 5.69 Å². The van der Waals surface area contributed by atoms with Gasteiger partial charge >= 0.3 is 0 Å². The quantitative estimate of drug-likeness (QED) is 0.891. The molecule has 0 aromatic carbocycles. The van der Waals surface area contributed by atoms with Crippen LogP contribution in [0.15, 0.2) is 12.4 Å². The number of aromatic nitrogens is 2. The summed E-state index contributed by atoms with van der Waals surface area (Å²) in [6, 6.07) is 0.554. The van der Waals surface area contributed by atoms with Gasteiger partial charge < -0.3 is 10.1 Å². The van der Waals surface area contributed by atoms with E-state index in [9.17, 15) is 0 Å². The number of ether oxygens (including phenoxy) is 1. The van der Waals surface area contributed by atoms with E-state index in [-0.39, 0.29) is 0 Å². The summed E-state index contributed by atoms with van der Waals surface area (Å²) in [4.78, 5) is 0. The van der Waals surface area contributed by atoms with E-state index in [0.717, 1.165) is 12.2 Å². The molecule has 1 aromatic rings. The highest BCUT2D eigenvalue weighted by atomic mass is 32.2. The van der Waals surface area contributed by atoms with Gasteiger partial charge in [0.05, 0.1) is 25.0 Å². The molecule has 2 heterocycles. The zero-order chi connectivity index (χ0) is 13.0. The molecule has 1 fully saturated rings. The van der Waals surface area contributed by atoms with Crippen LogP contribution in [-0.4, -0.2) is 41.0 Å². The monoisotopic (exact) mass is 269 g/mol. The van der Waals surface area contributed by atoms with Gasteiger partial charge in [-0.15, -0.1) is 0 Å². The van der Waals surface area contributed by atoms with Gasteiger partial charge in [-0.1, -0.05) is 13.8 Å². The number of hydrogen-bond acceptors (Lipinski definition) is 4. The molecule has 1 saturated heterocycles. The van der Waals surface area contributed by atoms with E-state index in [2.05, 4.69) is 30.5 Å². The van der Waals surface area contributed by atoms with Crippen LogP contribution in [0.25, 0.3) is 0 Å². The molecule has 0 spiro atoms. The largest absolute Gasteiger partial charge is 0.383 e. The Morgan fingerprint density at radius 3 is 3.17 bits per heavy atom. The van der Waals surface area contributed by atoms with Crippen LogP contribution >= 0.6 is 11.8 Å². The molecule has 1 N–H and O–H groups in total. The Morgan fingerprint density at radius 2 is 2.44 bits per heavy atom. The molecule has 1 unspecified atom stereocenters. The molecule has 1 atom stereocenters. The van der Waals surface area contributed by atoms with Crippen molar-refractivity contribution in [1.29, 1.82) is 0 Å². The van der Waals surface area contributed by atoms with Crippen LogP contribution in [0.3, 0.4) is 0 Å². The maximum absolute atomic E-state index is 5.05. The van der Waals surface area contributed by atoms with Crippen LogP contribution < -0.4 is 5.32 Å². The maximum atomic E-state index is 5.05. The van der Waals surface area contributed by atoms with Gasteiger partial charge in [-0.25, -0.2) is 0 Å².